The molecule has 652 valence electrons. The second-order valence-corrected chi connectivity index (χ2v) is 47.9. The van der Waals surface area contributed by atoms with Crippen LogP contribution in [0.15, 0.2) is 279 Å². The first kappa shape index (κ1) is 84.8. The van der Waals surface area contributed by atoms with Gasteiger partial charge in [-0.3, -0.25) is 0 Å². The van der Waals surface area contributed by atoms with Gasteiger partial charge in [-0.2, -0.15) is 0 Å². The number of anilines is 12. The van der Waals surface area contributed by atoms with Crippen molar-refractivity contribution in [3.8, 4) is 44.5 Å². The molecule has 0 fully saturated rings. The summed E-state index contributed by atoms with van der Waals surface area (Å²) in [5.41, 5.74) is 45.5. The maximum atomic E-state index is 2.73. The molecule has 6 aliphatic rings. The fourth-order valence-electron chi connectivity index (χ4n) is 23.5. The molecule has 6 heterocycles. The highest BCUT2D eigenvalue weighted by Crippen LogP contribution is 2.59. The molecular formula is C123H122B2N4S2. The predicted octanol–water partition coefficient (Wildman–Crippen LogP) is 31.0. The zero-order valence-corrected chi connectivity index (χ0v) is 82.5. The molecule has 0 atom stereocenters. The van der Waals surface area contributed by atoms with E-state index in [1.165, 1.54) is 231 Å². The monoisotopic (exact) mass is 1740 g/mol. The predicted molar refractivity (Wildman–Crippen MR) is 571 cm³/mol. The molecule has 0 radical (unpaired) electrons. The Labute approximate surface area is 787 Å². The van der Waals surface area contributed by atoms with Gasteiger partial charge in [0.15, 0.2) is 0 Å². The van der Waals surface area contributed by atoms with Crippen LogP contribution in [-0.2, 0) is 49.7 Å². The van der Waals surface area contributed by atoms with E-state index in [0.29, 0.717) is 0 Å². The lowest BCUT2D eigenvalue weighted by Gasteiger charge is -2.45. The third-order valence-corrected chi connectivity index (χ3v) is 33.5. The van der Waals surface area contributed by atoms with E-state index in [-0.39, 0.29) is 56.7 Å². The summed E-state index contributed by atoms with van der Waals surface area (Å²) >= 11 is 4.09. The quantitative estimate of drug-likeness (QED) is 0.120. The third kappa shape index (κ3) is 13.7. The minimum absolute atomic E-state index is 0.00431. The van der Waals surface area contributed by atoms with Crippen LogP contribution in [0.4, 0.5) is 68.2 Å². The number of hydrogen-bond donors (Lipinski definition) is 0. The number of fused-ring (bicyclic) bond motifs is 14. The van der Waals surface area contributed by atoms with E-state index in [0.717, 1.165) is 32.1 Å². The van der Waals surface area contributed by atoms with Gasteiger partial charge >= 0.3 is 0 Å². The summed E-state index contributed by atoms with van der Waals surface area (Å²) in [6.07, 6.45) is 5.41. The number of hydrogen-bond acceptors (Lipinski definition) is 6. The van der Waals surface area contributed by atoms with Crippen LogP contribution in [0.3, 0.4) is 0 Å². The van der Waals surface area contributed by atoms with Gasteiger partial charge in [0, 0.05) is 97.5 Å². The molecule has 0 N–H and O–H groups in total. The Bertz CT molecular complexity index is 7320. The van der Waals surface area contributed by atoms with Crippen LogP contribution in [0.2, 0.25) is 0 Å². The van der Waals surface area contributed by atoms with Crippen molar-refractivity contribution in [2.75, 3.05) is 19.6 Å². The van der Waals surface area contributed by atoms with Gasteiger partial charge in [0.1, 0.15) is 0 Å². The molecule has 0 amide bonds. The topological polar surface area (TPSA) is 13.0 Å². The molecule has 8 heteroatoms. The van der Waals surface area contributed by atoms with Crippen molar-refractivity contribution < 1.29 is 0 Å². The highest BCUT2D eigenvalue weighted by atomic mass is 32.1. The molecule has 0 bridgehead atoms. The summed E-state index contributed by atoms with van der Waals surface area (Å²) in [5.74, 6) is 0. The standard InChI is InChI=1S/C123H122B2N4S2/c1-74-60-90(79-37-28-24-29-38-79)111(91(61-74)80-39-30-25-31-40-80)129-101-55-49-85(68-99(101)125-109-103(63-76(3)65-105(109)129)127(87-52-46-83(47-53-87)117(7,8)9)113-93-70-95-97(72-107(93)131-115(113)125)122(19,20)59-57-120(95,15)16)123(21,22)73-77-34-32-41-81(66-77)89-43-33-42-88(78-35-26-23-27-36-78)110(89)128-100-54-48-84(118(10,11)12)67-98(100)124-108-102(62-75(2)64-104(108)128)126(86-50-44-82(45-51-86)116(4,5)6)112-92-69-94-96(71-106(92)130-114(112)124)121(17,18)58-56-119(94,13)14/h23-55,60-72H,56-59,73H2,1-22H3. The molecule has 0 unspecified atom stereocenters. The van der Waals surface area contributed by atoms with E-state index in [2.05, 4.69) is 451 Å². The van der Waals surface area contributed by atoms with Crippen molar-refractivity contribution >= 4 is 156 Å². The van der Waals surface area contributed by atoms with E-state index >= 15 is 0 Å². The van der Waals surface area contributed by atoms with E-state index in [1.807, 2.05) is 22.7 Å². The number of para-hydroxylation sites is 1. The van der Waals surface area contributed by atoms with E-state index in [9.17, 15) is 0 Å². The molecule has 0 saturated carbocycles. The second-order valence-electron chi connectivity index (χ2n) is 45.8. The van der Waals surface area contributed by atoms with Gasteiger partial charge < -0.3 is 19.6 Å². The van der Waals surface area contributed by atoms with Crippen molar-refractivity contribution in [1.29, 1.82) is 0 Å². The molecule has 2 aromatic heterocycles. The summed E-state index contributed by atoms with van der Waals surface area (Å²) in [4.78, 5) is 10.9. The highest BCUT2D eigenvalue weighted by Gasteiger charge is 2.51. The molecule has 131 heavy (non-hydrogen) atoms. The Morgan fingerprint density at radius 3 is 1.04 bits per heavy atom. The zero-order valence-electron chi connectivity index (χ0n) is 80.9. The Balaban J connectivity index is 0.743. The molecule has 22 rings (SSSR count). The van der Waals surface area contributed by atoms with Gasteiger partial charge in [0.2, 0.25) is 0 Å². The lowest BCUT2D eigenvalue weighted by atomic mass is 9.36. The lowest BCUT2D eigenvalue weighted by molar-refractivity contribution is 0.332. The molecule has 14 aromatic carbocycles. The maximum Gasteiger partial charge on any atom is 0.264 e. The number of rotatable bonds is 11. The molecular weight excluding hydrogens is 1620 g/mol. The first-order valence-corrected chi connectivity index (χ1v) is 49.7. The van der Waals surface area contributed by atoms with Crippen LogP contribution in [-0.4, -0.2) is 13.4 Å². The SMILES string of the molecule is Cc1cc(-c2ccccc2)c(N2c3ccc(C(C)(C)Cc4cccc(-c5cccc(-c6ccccc6)c5N5c6ccc(C(C)(C)C)cc6B6c7sc8cc9c(cc8c7N(c7ccc(C(C)(C)C)cc7)c7cc(C)cc5c76)C(C)(C)CCC9(C)C)c4)cc3B3c4sc5cc6c(cc5c4N(c4ccc(C(C)(C)C)cc4)c4cc(C)cc2c43)C(C)(C)CCC6(C)C)c(-c2ccccc2)c1. The molecule has 4 nitrogen and oxygen atoms in total. The lowest BCUT2D eigenvalue weighted by Crippen LogP contribution is -2.60. The number of thiophene rings is 2. The summed E-state index contributed by atoms with van der Waals surface area (Å²) in [7, 11) is 0. The van der Waals surface area contributed by atoms with E-state index < -0.39 is 0 Å². The number of benzene rings is 14. The van der Waals surface area contributed by atoms with Crippen LogP contribution in [0.1, 0.15) is 224 Å². The first-order chi connectivity index (χ1) is 62.3. The second kappa shape index (κ2) is 29.9. The smallest absolute Gasteiger partial charge is 0.264 e. The average Bonchev–Trinajstić information content (AvgIpc) is 1.67. The number of aryl methyl sites for hydroxylation is 3. The third-order valence-electron chi connectivity index (χ3n) is 31.1. The maximum absolute atomic E-state index is 2.73. The minimum atomic E-state index is -0.380. The highest BCUT2D eigenvalue weighted by molar-refractivity contribution is 7.34. The van der Waals surface area contributed by atoms with Crippen LogP contribution in [0.5, 0.6) is 0 Å². The van der Waals surface area contributed by atoms with Gasteiger partial charge in [0.25, 0.3) is 13.4 Å². The van der Waals surface area contributed by atoms with Crippen molar-refractivity contribution in [2.45, 2.75) is 228 Å². The fraction of sp³-hybridized carbons (Fsp3) is 0.285. The Morgan fingerprint density at radius 1 is 0.290 bits per heavy atom. The van der Waals surface area contributed by atoms with Crippen LogP contribution >= 0.6 is 22.7 Å². The normalized spacial score (nSPS) is 16.1. The Kier molecular flexibility index (Phi) is 19.4. The minimum Gasteiger partial charge on any atom is -0.310 e. The van der Waals surface area contributed by atoms with Crippen LogP contribution in [0.25, 0.3) is 64.7 Å². The molecule has 16 aromatic rings. The Morgan fingerprint density at radius 2 is 0.626 bits per heavy atom. The van der Waals surface area contributed by atoms with Crippen LogP contribution < -0.4 is 51.0 Å². The number of nitrogens with zero attached hydrogens (tertiary/aromatic N) is 4. The van der Waals surface area contributed by atoms with Gasteiger partial charge in [0.05, 0.1) is 22.7 Å². The molecule has 2 aliphatic carbocycles. The summed E-state index contributed by atoms with van der Waals surface area (Å²) < 4.78 is 5.54. The first-order valence-electron chi connectivity index (χ1n) is 48.0. The van der Waals surface area contributed by atoms with Crippen molar-refractivity contribution in [1.82, 2.24) is 0 Å². The average molecular weight is 1740 g/mol. The van der Waals surface area contributed by atoms with E-state index in [4.69, 9.17) is 0 Å². The zero-order chi connectivity index (χ0) is 91.2. The van der Waals surface area contributed by atoms with Crippen molar-refractivity contribution in [3.05, 3.63) is 346 Å². The van der Waals surface area contributed by atoms with Gasteiger partial charge in [-0.1, -0.05) is 314 Å². The molecule has 0 saturated heterocycles. The van der Waals surface area contributed by atoms with E-state index in [1.54, 1.807) is 0 Å². The fourth-order valence-corrected chi connectivity index (χ4v) is 26.2. The van der Waals surface area contributed by atoms with Gasteiger partial charge in [-0.05, 0) is 304 Å². The summed E-state index contributed by atoms with van der Waals surface area (Å²) in [5, 5.41) is 2.71. The van der Waals surface area contributed by atoms with Crippen LogP contribution in [0, 0.1) is 20.8 Å². The van der Waals surface area contributed by atoms with Gasteiger partial charge in [-0.25, -0.2) is 0 Å². The van der Waals surface area contributed by atoms with Crippen molar-refractivity contribution in [2.24, 2.45) is 0 Å². The largest absolute Gasteiger partial charge is 0.310 e. The molecule has 0 spiro atoms. The summed E-state index contributed by atoms with van der Waals surface area (Å²) in [6.45, 7) is 53.0. The van der Waals surface area contributed by atoms with Gasteiger partial charge in [-0.15, -0.1) is 22.7 Å². The summed E-state index contributed by atoms with van der Waals surface area (Å²) in [6, 6.07) is 111. The molecule has 4 aliphatic heterocycles. The Hall–Kier alpha value is -11.7. The van der Waals surface area contributed by atoms with Crippen molar-refractivity contribution in [3.63, 3.8) is 0 Å².